The highest BCUT2D eigenvalue weighted by Gasteiger charge is 2.31. The normalized spacial score (nSPS) is 17.2. The maximum Gasteiger partial charge on any atom is 0.0666 e. The molecule has 2 rings (SSSR count). The molecule has 16 heavy (non-hydrogen) atoms. The van der Waals surface area contributed by atoms with Crippen LogP contribution in [0.5, 0.6) is 0 Å². The van der Waals surface area contributed by atoms with Crippen molar-refractivity contribution < 1.29 is 4.74 Å². The lowest BCUT2D eigenvalue weighted by molar-refractivity contribution is 0.179. The molecule has 0 aromatic heterocycles. The van der Waals surface area contributed by atoms with Crippen molar-refractivity contribution in [2.45, 2.75) is 18.9 Å². The first-order chi connectivity index (χ1) is 7.72. The minimum absolute atomic E-state index is 0.417. The Hall–Kier alpha value is -0.0600. The molecule has 1 saturated carbocycles. The number of benzene rings is 1. The van der Waals surface area contributed by atoms with Gasteiger partial charge in [0.25, 0.3) is 0 Å². The number of methoxy groups -OCH3 is 1. The van der Waals surface area contributed by atoms with Gasteiger partial charge in [0, 0.05) is 16.1 Å². The smallest absolute Gasteiger partial charge is 0.0666 e. The summed E-state index contributed by atoms with van der Waals surface area (Å²) >= 11 is 7.13. The molecule has 4 heteroatoms. The van der Waals surface area contributed by atoms with E-state index in [0.29, 0.717) is 6.04 Å². The molecule has 1 atom stereocenters. The fourth-order valence-corrected chi connectivity index (χ4v) is 3.02. The monoisotopic (exact) mass is 347 g/mol. The maximum absolute atomic E-state index is 5.26. The second-order valence-electron chi connectivity index (χ2n) is 4.14. The summed E-state index contributed by atoms with van der Waals surface area (Å²) in [5, 5.41) is 3.56. The zero-order valence-electron chi connectivity index (χ0n) is 9.17. The third-order valence-electron chi connectivity index (χ3n) is 2.83. The molecule has 1 N–H and O–H groups in total. The third kappa shape index (κ3) is 2.99. The molecule has 1 aliphatic rings. The predicted molar refractivity (Wildman–Crippen MR) is 73.9 cm³/mol. The van der Waals surface area contributed by atoms with Crippen LogP contribution in [0.4, 0.5) is 5.69 Å². The van der Waals surface area contributed by atoms with E-state index in [1.54, 1.807) is 7.11 Å². The Kier molecular flexibility index (Phi) is 4.27. The molecule has 0 bridgehead atoms. The van der Waals surface area contributed by atoms with Gasteiger partial charge in [0.05, 0.1) is 18.3 Å². The minimum atomic E-state index is 0.417. The van der Waals surface area contributed by atoms with Crippen LogP contribution in [0.2, 0.25) is 0 Å². The first-order valence-corrected chi connectivity index (χ1v) is 7.00. The molecule has 1 fully saturated rings. The number of rotatable bonds is 5. The number of hydrogen-bond donors (Lipinski definition) is 1. The first-order valence-electron chi connectivity index (χ1n) is 5.42. The zero-order valence-corrected chi connectivity index (χ0v) is 12.3. The number of ether oxygens (including phenoxy) is 1. The summed E-state index contributed by atoms with van der Waals surface area (Å²) < 4.78 is 7.44. The molecule has 1 aliphatic carbocycles. The summed E-state index contributed by atoms with van der Waals surface area (Å²) in [7, 11) is 1.76. The fraction of sp³-hybridized carbons (Fsp3) is 0.500. The van der Waals surface area contributed by atoms with Crippen LogP contribution in [0.15, 0.2) is 27.1 Å². The number of nitrogens with one attached hydrogen (secondary N) is 1. The zero-order chi connectivity index (χ0) is 11.5. The van der Waals surface area contributed by atoms with Crippen LogP contribution < -0.4 is 5.32 Å². The first kappa shape index (κ1) is 12.4. The summed E-state index contributed by atoms with van der Waals surface area (Å²) in [4.78, 5) is 0. The summed E-state index contributed by atoms with van der Waals surface area (Å²) in [6, 6.07) is 6.52. The molecule has 0 saturated heterocycles. The van der Waals surface area contributed by atoms with Gasteiger partial charge >= 0.3 is 0 Å². The van der Waals surface area contributed by atoms with Crippen molar-refractivity contribution in [1.82, 2.24) is 0 Å². The molecule has 1 aromatic carbocycles. The van der Waals surface area contributed by atoms with E-state index in [-0.39, 0.29) is 0 Å². The van der Waals surface area contributed by atoms with Gasteiger partial charge in [0.15, 0.2) is 0 Å². The van der Waals surface area contributed by atoms with Crippen molar-refractivity contribution in [2.75, 3.05) is 19.0 Å². The molecule has 0 spiro atoms. The maximum atomic E-state index is 5.26. The highest BCUT2D eigenvalue weighted by atomic mass is 79.9. The van der Waals surface area contributed by atoms with Crippen molar-refractivity contribution in [3.8, 4) is 0 Å². The van der Waals surface area contributed by atoms with Gasteiger partial charge in [-0.25, -0.2) is 0 Å². The van der Waals surface area contributed by atoms with E-state index in [4.69, 9.17) is 4.74 Å². The summed E-state index contributed by atoms with van der Waals surface area (Å²) in [6.07, 6.45) is 2.62. The van der Waals surface area contributed by atoms with Crippen LogP contribution in [0, 0.1) is 5.92 Å². The van der Waals surface area contributed by atoms with Gasteiger partial charge in [-0.3, -0.25) is 0 Å². The summed E-state index contributed by atoms with van der Waals surface area (Å²) in [6.45, 7) is 0.762. The Balaban J connectivity index is 2.11. The van der Waals surface area contributed by atoms with E-state index in [1.807, 2.05) is 18.2 Å². The predicted octanol–water partition coefficient (Wildman–Crippen LogP) is 4.05. The van der Waals surface area contributed by atoms with Crippen molar-refractivity contribution in [3.05, 3.63) is 27.1 Å². The number of hydrogen-bond acceptors (Lipinski definition) is 2. The van der Waals surface area contributed by atoms with Crippen LogP contribution in [-0.4, -0.2) is 19.8 Å². The quantitative estimate of drug-likeness (QED) is 0.866. The molecule has 88 valence electrons. The van der Waals surface area contributed by atoms with Gasteiger partial charge in [-0.15, -0.1) is 0 Å². The van der Waals surface area contributed by atoms with E-state index in [2.05, 4.69) is 37.2 Å². The second-order valence-corrected chi connectivity index (χ2v) is 5.85. The highest BCUT2D eigenvalue weighted by Crippen LogP contribution is 2.37. The number of anilines is 1. The van der Waals surface area contributed by atoms with Gasteiger partial charge < -0.3 is 10.1 Å². The van der Waals surface area contributed by atoms with E-state index in [1.165, 1.54) is 12.8 Å². The van der Waals surface area contributed by atoms with Crippen molar-refractivity contribution >= 4 is 37.5 Å². The molecule has 0 aliphatic heterocycles. The lowest BCUT2D eigenvalue weighted by atomic mass is 10.2. The lowest BCUT2D eigenvalue weighted by Crippen LogP contribution is -2.27. The number of para-hydroxylation sites is 1. The Labute approximate surface area is 113 Å². The topological polar surface area (TPSA) is 21.3 Å². The standard InChI is InChI=1S/C12H15Br2NO/c1-16-7-11(8-5-6-8)15-12-9(13)3-2-4-10(12)14/h2-4,8,11,15H,5-7H2,1H3. The molecule has 1 aromatic rings. The SMILES string of the molecule is COCC(Nc1c(Br)cccc1Br)C1CC1. The summed E-state index contributed by atoms with van der Waals surface area (Å²) in [5.74, 6) is 0.763. The van der Waals surface area contributed by atoms with Crippen LogP contribution in [0.25, 0.3) is 0 Å². The van der Waals surface area contributed by atoms with Crippen molar-refractivity contribution in [3.63, 3.8) is 0 Å². The van der Waals surface area contributed by atoms with Crippen LogP contribution in [0.1, 0.15) is 12.8 Å². The lowest BCUT2D eigenvalue weighted by Gasteiger charge is -2.20. The molecule has 0 amide bonds. The number of halogens is 2. The van der Waals surface area contributed by atoms with Crippen LogP contribution in [-0.2, 0) is 4.74 Å². The molecule has 2 nitrogen and oxygen atoms in total. The highest BCUT2D eigenvalue weighted by molar-refractivity contribution is 9.11. The van der Waals surface area contributed by atoms with Gasteiger partial charge in [-0.1, -0.05) is 6.07 Å². The Morgan fingerprint density at radius 3 is 2.50 bits per heavy atom. The van der Waals surface area contributed by atoms with Gasteiger partial charge in [0.2, 0.25) is 0 Å². The van der Waals surface area contributed by atoms with Crippen LogP contribution >= 0.6 is 31.9 Å². The molecular formula is C12H15Br2NO. The van der Waals surface area contributed by atoms with E-state index >= 15 is 0 Å². The third-order valence-corrected chi connectivity index (χ3v) is 4.15. The van der Waals surface area contributed by atoms with Gasteiger partial charge in [-0.2, -0.15) is 0 Å². The largest absolute Gasteiger partial charge is 0.383 e. The van der Waals surface area contributed by atoms with E-state index in [9.17, 15) is 0 Å². The van der Waals surface area contributed by atoms with Crippen molar-refractivity contribution in [2.24, 2.45) is 5.92 Å². The van der Waals surface area contributed by atoms with Gasteiger partial charge in [0.1, 0.15) is 0 Å². The second kappa shape index (κ2) is 5.52. The van der Waals surface area contributed by atoms with Crippen LogP contribution in [0.3, 0.4) is 0 Å². The van der Waals surface area contributed by atoms with E-state index in [0.717, 1.165) is 27.2 Å². The molecule has 0 heterocycles. The Bertz CT molecular complexity index is 346. The Morgan fingerprint density at radius 1 is 1.38 bits per heavy atom. The molecular weight excluding hydrogens is 334 g/mol. The van der Waals surface area contributed by atoms with Crippen molar-refractivity contribution in [1.29, 1.82) is 0 Å². The molecule has 1 unspecified atom stereocenters. The average Bonchev–Trinajstić information content (AvgIpc) is 3.06. The summed E-state index contributed by atoms with van der Waals surface area (Å²) in [5.41, 5.74) is 1.12. The van der Waals surface area contributed by atoms with E-state index < -0.39 is 0 Å². The minimum Gasteiger partial charge on any atom is -0.383 e. The average molecular weight is 349 g/mol. The Morgan fingerprint density at radius 2 is 2.00 bits per heavy atom. The fourth-order valence-electron chi connectivity index (χ4n) is 1.79. The molecule has 0 radical (unpaired) electrons. The van der Waals surface area contributed by atoms with Gasteiger partial charge in [-0.05, 0) is 62.8 Å².